The van der Waals surface area contributed by atoms with Crippen molar-refractivity contribution in [2.45, 2.75) is 19.3 Å². The summed E-state index contributed by atoms with van der Waals surface area (Å²) in [5.41, 5.74) is 2.47. The summed E-state index contributed by atoms with van der Waals surface area (Å²) >= 11 is 7.53. The lowest BCUT2D eigenvalue weighted by molar-refractivity contribution is 0.629. The number of hydrogen-bond acceptors (Lipinski definition) is 3. The lowest BCUT2D eigenvalue weighted by atomic mass is 10.3. The predicted molar refractivity (Wildman–Crippen MR) is 75.2 cm³/mol. The number of rotatable bonds is 3. The second kappa shape index (κ2) is 4.90. The number of hydrogen-bond donors (Lipinski definition) is 0. The molecule has 0 atom stereocenters. The molecule has 0 spiro atoms. The molecular weight excluding hydrogens is 285 g/mol. The Bertz CT molecular complexity index is 735. The Labute approximate surface area is 118 Å². The fourth-order valence-corrected chi connectivity index (χ4v) is 2.88. The van der Waals surface area contributed by atoms with Crippen molar-refractivity contribution >= 4 is 34.0 Å². The number of halogens is 2. The lowest BCUT2D eigenvalue weighted by Gasteiger charge is -2.05. The monoisotopic (exact) mass is 295 g/mol. The Morgan fingerprint density at radius 3 is 2.89 bits per heavy atom. The average molecular weight is 296 g/mol. The molecule has 0 unspecified atom stereocenters. The molecule has 0 aliphatic carbocycles. The van der Waals surface area contributed by atoms with Crippen molar-refractivity contribution in [1.82, 2.24) is 14.5 Å². The first-order chi connectivity index (χ1) is 9.17. The van der Waals surface area contributed by atoms with E-state index in [4.69, 9.17) is 11.6 Å². The normalized spacial score (nSPS) is 11.3. The van der Waals surface area contributed by atoms with Crippen molar-refractivity contribution in [3.05, 3.63) is 45.9 Å². The molecule has 0 saturated heterocycles. The third kappa shape index (κ3) is 2.35. The van der Waals surface area contributed by atoms with Crippen LogP contribution in [0.1, 0.15) is 16.5 Å². The topological polar surface area (TPSA) is 30.7 Å². The van der Waals surface area contributed by atoms with Gasteiger partial charge in [0.2, 0.25) is 0 Å². The summed E-state index contributed by atoms with van der Waals surface area (Å²) < 4.78 is 15.2. The quantitative estimate of drug-likeness (QED) is 0.689. The summed E-state index contributed by atoms with van der Waals surface area (Å²) in [7, 11) is 0. The van der Waals surface area contributed by atoms with Crippen LogP contribution in [0.4, 0.5) is 4.39 Å². The number of thiazole rings is 1. The van der Waals surface area contributed by atoms with Gasteiger partial charge in [0.25, 0.3) is 0 Å². The Balaban J connectivity index is 2.10. The predicted octanol–water partition coefficient (Wildman–Crippen LogP) is 3.73. The Morgan fingerprint density at radius 1 is 1.37 bits per heavy atom. The fourth-order valence-electron chi connectivity index (χ4n) is 2.07. The maximum atomic E-state index is 13.2. The molecule has 0 fully saturated rings. The first kappa shape index (κ1) is 12.6. The summed E-state index contributed by atoms with van der Waals surface area (Å²) in [6, 6.07) is 4.59. The summed E-state index contributed by atoms with van der Waals surface area (Å²) in [5, 5.41) is 3.04. The van der Waals surface area contributed by atoms with Gasteiger partial charge in [-0.25, -0.2) is 14.4 Å². The molecule has 2 aromatic heterocycles. The van der Waals surface area contributed by atoms with E-state index in [0.29, 0.717) is 17.9 Å². The van der Waals surface area contributed by atoms with Gasteiger partial charge in [0.15, 0.2) is 0 Å². The molecule has 0 N–H and O–H groups in total. The minimum absolute atomic E-state index is 0.289. The average Bonchev–Trinajstić information content (AvgIpc) is 2.94. The molecule has 0 saturated carbocycles. The van der Waals surface area contributed by atoms with Crippen LogP contribution in [0.25, 0.3) is 11.0 Å². The van der Waals surface area contributed by atoms with E-state index in [1.807, 2.05) is 16.9 Å². The minimum atomic E-state index is -0.289. The molecular formula is C13H11ClFN3S. The fraction of sp³-hybridized carbons (Fsp3) is 0.231. The second-order valence-electron chi connectivity index (χ2n) is 4.24. The van der Waals surface area contributed by atoms with Crippen LogP contribution in [0.15, 0.2) is 23.6 Å². The highest BCUT2D eigenvalue weighted by Gasteiger charge is 2.12. The molecule has 1 aromatic carbocycles. The number of imidazole rings is 1. The van der Waals surface area contributed by atoms with Crippen LogP contribution >= 0.6 is 22.9 Å². The van der Waals surface area contributed by atoms with Gasteiger partial charge in [-0.05, 0) is 19.1 Å². The van der Waals surface area contributed by atoms with E-state index in [-0.39, 0.29) is 5.82 Å². The molecule has 2 heterocycles. The van der Waals surface area contributed by atoms with Gasteiger partial charge in [-0.3, -0.25) is 0 Å². The zero-order valence-corrected chi connectivity index (χ0v) is 11.8. The summed E-state index contributed by atoms with van der Waals surface area (Å²) in [6.45, 7) is 2.58. The first-order valence-corrected chi connectivity index (χ1v) is 7.20. The van der Waals surface area contributed by atoms with Gasteiger partial charge in [-0.2, -0.15) is 0 Å². The summed E-state index contributed by atoms with van der Waals surface area (Å²) in [6.07, 6.45) is 0. The van der Waals surface area contributed by atoms with Crippen LogP contribution in [-0.2, 0) is 12.4 Å². The van der Waals surface area contributed by atoms with E-state index in [1.54, 1.807) is 17.4 Å². The Kier molecular flexibility index (Phi) is 3.24. The molecule has 0 aliphatic rings. The highest BCUT2D eigenvalue weighted by molar-refractivity contribution is 7.09. The highest BCUT2D eigenvalue weighted by Crippen LogP contribution is 2.21. The maximum absolute atomic E-state index is 13.2. The molecule has 3 aromatic rings. The first-order valence-electron chi connectivity index (χ1n) is 5.79. The molecule has 0 radical (unpaired) electrons. The van der Waals surface area contributed by atoms with Crippen molar-refractivity contribution < 1.29 is 4.39 Å². The van der Waals surface area contributed by atoms with Gasteiger partial charge in [0, 0.05) is 11.4 Å². The molecule has 98 valence electrons. The number of alkyl halides is 1. The van der Waals surface area contributed by atoms with Crippen LogP contribution in [0, 0.1) is 12.7 Å². The third-order valence-corrected chi connectivity index (χ3v) is 3.96. The van der Waals surface area contributed by atoms with Gasteiger partial charge in [-0.1, -0.05) is 0 Å². The Hall–Kier alpha value is -1.46. The molecule has 3 rings (SSSR count). The largest absolute Gasteiger partial charge is 0.321 e. The maximum Gasteiger partial charge on any atom is 0.125 e. The van der Waals surface area contributed by atoms with E-state index in [0.717, 1.165) is 22.0 Å². The van der Waals surface area contributed by atoms with E-state index < -0.39 is 0 Å². The summed E-state index contributed by atoms with van der Waals surface area (Å²) in [4.78, 5) is 8.80. The van der Waals surface area contributed by atoms with E-state index in [9.17, 15) is 4.39 Å². The minimum Gasteiger partial charge on any atom is -0.321 e. The standard InChI is InChI=1S/C13H11ClFN3S/c1-8-16-10(7-19-8)6-18-12-3-2-9(15)4-11(12)17-13(18)5-14/h2-4,7H,5-6H2,1H3. The number of aromatic nitrogens is 3. The number of nitrogens with zero attached hydrogens (tertiary/aromatic N) is 3. The zero-order valence-electron chi connectivity index (χ0n) is 10.2. The smallest absolute Gasteiger partial charge is 0.125 e. The van der Waals surface area contributed by atoms with Crippen LogP contribution in [-0.4, -0.2) is 14.5 Å². The molecule has 19 heavy (non-hydrogen) atoms. The van der Waals surface area contributed by atoms with Crippen LogP contribution in [0.3, 0.4) is 0 Å². The van der Waals surface area contributed by atoms with Crippen molar-refractivity contribution in [2.75, 3.05) is 0 Å². The van der Waals surface area contributed by atoms with Gasteiger partial charge >= 0.3 is 0 Å². The highest BCUT2D eigenvalue weighted by atomic mass is 35.5. The van der Waals surface area contributed by atoms with E-state index in [1.165, 1.54) is 12.1 Å². The molecule has 0 bridgehead atoms. The van der Waals surface area contributed by atoms with Gasteiger partial charge in [-0.15, -0.1) is 22.9 Å². The van der Waals surface area contributed by atoms with E-state index >= 15 is 0 Å². The molecule has 3 nitrogen and oxygen atoms in total. The SMILES string of the molecule is Cc1nc(Cn2c(CCl)nc3cc(F)ccc32)cs1. The molecule has 0 aliphatic heterocycles. The lowest BCUT2D eigenvalue weighted by Crippen LogP contribution is -2.04. The Morgan fingerprint density at radius 2 is 2.21 bits per heavy atom. The van der Waals surface area contributed by atoms with E-state index in [2.05, 4.69) is 9.97 Å². The van der Waals surface area contributed by atoms with Crippen LogP contribution in [0.2, 0.25) is 0 Å². The van der Waals surface area contributed by atoms with Crippen LogP contribution in [0.5, 0.6) is 0 Å². The van der Waals surface area contributed by atoms with Gasteiger partial charge < -0.3 is 4.57 Å². The van der Waals surface area contributed by atoms with Gasteiger partial charge in [0.1, 0.15) is 11.6 Å². The van der Waals surface area contributed by atoms with Crippen molar-refractivity contribution in [1.29, 1.82) is 0 Å². The van der Waals surface area contributed by atoms with Crippen molar-refractivity contribution in [3.8, 4) is 0 Å². The summed E-state index contributed by atoms with van der Waals surface area (Å²) in [5.74, 6) is 0.732. The number of aryl methyl sites for hydroxylation is 1. The molecule has 0 amide bonds. The van der Waals surface area contributed by atoms with Crippen LogP contribution < -0.4 is 0 Å². The van der Waals surface area contributed by atoms with Crippen molar-refractivity contribution in [3.63, 3.8) is 0 Å². The number of fused-ring (bicyclic) bond motifs is 1. The zero-order chi connectivity index (χ0) is 13.4. The third-order valence-electron chi connectivity index (χ3n) is 2.90. The number of benzene rings is 1. The van der Waals surface area contributed by atoms with Crippen molar-refractivity contribution in [2.24, 2.45) is 0 Å². The second-order valence-corrected chi connectivity index (χ2v) is 5.57. The molecule has 6 heteroatoms. The van der Waals surface area contributed by atoms with Gasteiger partial charge in [0.05, 0.1) is 34.2 Å².